The van der Waals surface area contributed by atoms with Crippen LogP contribution in [-0.2, 0) is 17.6 Å². The maximum atomic E-state index is 12.4. The van der Waals surface area contributed by atoms with Crippen LogP contribution in [0.1, 0.15) is 23.1 Å². The Morgan fingerprint density at radius 1 is 1.25 bits per heavy atom. The lowest BCUT2D eigenvalue weighted by molar-refractivity contribution is -0.134. The fourth-order valence-corrected chi connectivity index (χ4v) is 3.37. The minimum Gasteiger partial charge on any atom is -0.391 e. The molecule has 2 atom stereocenters. The van der Waals surface area contributed by atoms with E-state index in [1.807, 2.05) is 12.1 Å². The molecule has 3 rings (SSSR count). The van der Waals surface area contributed by atoms with E-state index in [2.05, 4.69) is 36.2 Å². The average Bonchev–Trinajstić information content (AvgIpc) is 2.57. The summed E-state index contributed by atoms with van der Waals surface area (Å²) in [7, 11) is 0. The van der Waals surface area contributed by atoms with E-state index in [9.17, 15) is 9.90 Å². The lowest BCUT2D eigenvalue weighted by Crippen LogP contribution is -2.47. The van der Waals surface area contributed by atoms with Crippen LogP contribution in [0.15, 0.2) is 48.8 Å². The monoisotopic (exact) mass is 324 g/mol. The van der Waals surface area contributed by atoms with Crippen molar-refractivity contribution >= 4 is 5.91 Å². The molecular formula is C20H24N2O2. The van der Waals surface area contributed by atoms with Gasteiger partial charge in [0.15, 0.2) is 0 Å². The summed E-state index contributed by atoms with van der Waals surface area (Å²) in [6.45, 7) is 3.23. The maximum Gasteiger partial charge on any atom is 0.227 e. The molecule has 4 nitrogen and oxygen atoms in total. The van der Waals surface area contributed by atoms with Crippen molar-refractivity contribution < 1.29 is 9.90 Å². The average molecular weight is 324 g/mol. The van der Waals surface area contributed by atoms with E-state index in [0.29, 0.717) is 13.0 Å². The van der Waals surface area contributed by atoms with Crippen LogP contribution in [0.4, 0.5) is 0 Å². The first kappa shape index (κ1) is 16.7. The second kappa shape index (κ2) is 7.58. The summed E-state index contributed by atoms with van der Waals surface area (Å²) in [5, 5.41) is 10.5. The Morgan fingerprint density at radius 3 is 2.75 bits per heavy atom. The number of benzene rings is 1. The van der Waals surface area contributed by atoms with Crippen LogP contribution in [0, 0.1) is 12.8 Å². The largest absolute Gasteiger partial charge is 0.391 e. The summed E-state index contributed by atoms with van der Waals surface area (Å²) in [5.74, 6) is 0.297. The van der Waals surface area contributed by atoms with Crippen LogP contribution in [0.3, 0.4) is 0 Å². The highest BCUT2D eigenvalue weighted by Crippen LogP contribution is 2.23. The predicted molar refractivity (Wildman–Crippen MR) is 93.5 cm³/mol. The van der Waals surface area contributed by atoms with Crippen molar-refractivity contribution in [2.24, 2.45) is 5.92 Å². The van der Waals surface area contributed by atoms with Crippen LogP contribution >= 0.6 is 0 Å². The number of carbonyl (C=O) groups is 1. The molecular weight excluding hydrogens is 300 g/mol. The van der Waals surface area contributed by atoms with Crippen LogP contribution < -0.4 is 0 Å². The van der Waals surface area contributed by atoms with Gasteiger partial charge in [-0.2, -0.15) is 0 Å². The molecule has 126 valence electrons. The zero-order valence-corrected chi connectivity index (χ0v) is 14.1. The van der Waals surface area contributed by atoms with Crippen molar-refractivity contribution in [1.29, 1.82) is 0 Å². The number of carbonyl (C=O) groups excluding carboxylic acids is 1. The molecule has 0 saturated carbocycles. The molecule has 1 saturated heterocycles. The van der Waals surface area contributed by atoms with Gasteiger partial charge in [0, 0.05) is 25.5 Å². The Hall–Kier alpha value is -2.20. The van der Waals surface area contributed by atoms with E-state index in [4.69, 9.17) is 0 Å². The number of aromatic nitrogens is 1. The maximum absolute atomic E-state index is 12.4. The van der Waals surface area contributed by atoms with Crippen LogP contribution in [0.25, 0.3) is 0 Å². The molecule has 1 aromatic heterocycles. The minimum atomic E-state index is -0.458. The summed E-state index contributed by atoms with van der Waals surface area (Å²) in [4.78, 5) is 18.2. The number of amides is 1. The van der Waals surface area contributed by atoms with E-state index in [1.165, 1.54) is 11.1 Å². The van der Waals surface area contributed by atoms with Gasteiger partial charge in [0.05, 0.1) is 12.5 Å². The third kappa shape index (κ3) is 4.20. The number of aliphatic hydroxyl groups excluding tert-OH is 1. The van der Waals surface area contributed by atoms with Crippen molar-refractivity contribution in [2.75, 3.05) is 13.1 Å². The Kier molecular flexibility index (Phi) is 5.26. The number of hydrogen-bond acceptors (Lipinski definition) is 3. The van der Waals surface area contributed by atoms with Crippen LogP contribution in [0.2, 0.25) is 0 Å². The normalized spacial score (nSPS) is 20.8. The lowest BCUT2D eigenvalue weighted by atomic mass is 9.87. The number of hydrogen-bond donors (Lipinski definition) is 1. The van der Waals surface area contributed by atoms with Gasteiger partial charge in [-0.15, -0.1) is 0 Å². The highest BCUT2D eigenvalue weighted by atomic mass is 16.3. The zero-order valence-electron chi connectivity index (χ0n) is 14.1. The van der Waals surface area contributed by atoms with Crippen molar-refractivity contribution in [3.8, 4) is 0 Å². The zero-order chi connectivity index (χ0) is 16.9. The van der Waals surface area contributed by atoms with Gasteiger partial charge in [0.2, 0.25) is 5.91 Å². The molecule has 1 aliphatic rings. The fourth-order valence-electron chi connectivity index (χ4n) is 3.37. The van der Waals surface area contributed by atoms with Gasteiger partial charge in [0.25, 0.3) is 0 Å². The van der Waals surface area contributed by atoms with Crippen molar-refractivity contribution in [1.82, 2.24) is 9.88 Å². The quantitative estimate of drug-likeness (QED) is 0.939. The molecule has 2 heterocycles. The van der Waals surface area contributed by atoms with Gasteiger partial charge in [0.1, 0.15) is 0 Å². The number of β-amino-alcohol motifs (C(OH)–C–C–N with tert-alkyl or cyclic N) is 1. The Morgan fingerprint density at radius 2 is 2.04 bits per heavy atom. The summed E-state index contributed by atoms with van der Waals surface area (Å²) in [5.41, 5.74) is 3.47. The first-order valence-corrected chi connectivity index (χ1v) is 8.52. The molecule has 1 N–H and O–H groups in total. The number of nitrogens with zero attached hydrogens (tertiary/aromatic N) is 2. The van der Waals surface area contributed by atoms with Crippen molar-refractivity contribution in [3.63, 3.8) is 0 Å². The molecule has 0 spiro atoms. The summed E-state index contributed by atoms with van der Waals surface area (Å²) in [6, 6.07) is 12.1. The first-order chi connectivity index (χ1) is 11.6. The third-order valence-corrected chi connectivity index (χ3v) is 4.76. The molecule has 0 radical (unpaired) electrons. The Balaban J connectivity index is 1.56. The van der Waals surface area contributed by atoms with E-state index < -0.39 is 6.10 Å². The van der Waals surface area contributed by atoms with Gasteiger partial charge in [-0.25, -0.2) is 0 Å². The molecule has 0 bridgehead atoms. The predicted octanol–water partition coefficient (Wildman–Crippen LogP) is 2.38. The van der Waals surface area contributed by atoms with Crippen molar-refractivity contribution in [3.05, 3.63) is 65.5 Å². The van der Waals surface area contributed by atoms with Crippen LogP contribution in [-0.4, -0.2) is 40.1 Å². The molecule has 2 aromatic rings. The summed E-state index contributed by atoms with van der Waals surface area (Å²) >= 11 is 0. The molecule has 1 aromatic carbocycles. The molecule has 1 fully saturated rings. The highest BCUT2D eigenvalue weighted by Gasteiger charge is 2.30. The molecule has 1 aliphatic heterocycles. The second-order valence-electron chi connectivity index (χ2n) is 6.68. The smallest absolute Gasteiger partial charge is 0.227 e. The topological polar surface area (TPSA) is 53.4 Å². The molecule has 24 heavy (non-hydrogen) atoms. The minimum absolute atomic E-state index is 0.0780. The standard InChI is InChI=1S/C20H24N2O2/c1-15-3-2-4-17(11-15)12-18-7-10-22(14-19(18)23)20(24)13-16-5-8-21-9-6-16/h2-6,8-9,11,18-19,23H,7,10,12-14H2,1H3/t18-,19-/m1/s1. The van der Waals surface area contributed by atoms with Gasteiger partial charge in [-0.05, 0) is 48.9 Å². The summed E-state index contributed by atoms with van der Waals surface area (Å²) < 4.78 is 0. The lowest BCUT2D eigenvalue weighted by Gasteiger charge is -2.36. The van der Waals surface area contributed by atoms with Crippen LogP contribution in [0.5, 0.6) is 0 Å². The second-order valence-corrected chi connectivity index (χ2v) is 6.68. The van der Waals surface area contributed by atoms with Gasteiger partial charge in [-0.1, -0.05) is 29.8 Å². The van der Waals surface area contributed by atoms with Gasteiger partial charge in [-0.3, -0.25) is 9.78 Å². The molecule has 4 heteroatoms. The Bertz CT molecular complexity index is 687. The first-order valence-electron chi connectivity index (χ1n) is 8.52. The summed E-state index contributed by atoms with van der Waals surface area (Å²) in [6.07, 6.45) is 5.03. The van der Waals surface area contributed by atoms with E-state index in [1.54, 1.807) is 17.3 Å². The molecule has 1 amide bonds. The number of aliphatic hydroxyl groups is 1. The number of rotatable bonds is 4. The number of likely N-dealkylation sites (tertiary alicyclic amines) is 1. The van der Waals surface area contributed by atoms with Gasteiger partial charge < -0.3 is 10.0 Å². The van der Waals surface area contributed by atoms with E-state index >= 15 is 0 Å². The number of piperidine rings is 1. The fraction of sp³-hybridized carbons (Fsp3) is 0.400. The van der Waals surface area contributed by atoms with Crippen molar-refractivity contribution in [2.45, 2.75) is 32.3 Å². The number of aryl methyl sites for hydroxylation is 1. The van der Waals surface area contributed by atoms with Gasteiger partial charge >= 0.3 is 0 Å². The molecule has 0 unspecified atom stereocenters. The SMILES string of the molecule is Cc1cccc(C[C@H]2CCN(C(=O)Cc3ccncc3)C[C@H]2O)c1. The van der Waals surface area contributed by atoms with E-state index in [0.717, 1.165) is 24.9 Å². The Labute approximate surface area is 143 Å². The highest BCUT2D eigenvalue weighted by molar-refractivity contribution is 5.78. The number of pyridine rings is 1. The third-order valence-electron chi connectivity index (χ3n) is 4.76. The molecule has 0 aliphatic carbocycles. The van der Waals surface area contributed by atoms with E-state index in [-0.39, 0.29) is 11.8 Å².